The minimum absolute atomic E-state index is 0.211. The number of hydrogen-bond acceptors (Lipinski definition) is 4. The second kappa shape index (κ2) is 3.76. The summed E-state index contributed by atoms with van der Waals surface area (Å²) in [4.78, 5) is 16.9. The Balaban J connectivity index is 1.72. The normalized spacial score (nSPS) is 16.1. The number of aliphatic carboxylic acids is 1. The van der Waals surface area contributed by atoms with Gasteiger partial charge in [-0.1, -0.05) is 12.1 Å². The van der Waals surface area contributed by atoms with Crippen LogP contribution in [-0.2, 0) is 4.79 Å². The van der Waals surface area contributed by atoms with E-state index in [2.05, 4.69) is 4.98 Å². The zero-order valence-electron chi connectivity index (χ0n) is 9.17. The van der Waals surface area contributed by atoms with Gasteiger partial charge in [-0.2, -0.15) is 4.98 Å². The molecule has 0 radical (unpaired) electrons. The van der Waals surface area contributed by atoms with Crippen molar-refractivity contribution in [2.75, 3.05) is 18.0 Å². The van der Waals surface area contributed by atoms with Gasteiger partial charge in [-0.15, -0.1) is 0 Å². The summed E-state index contributed by atoms with van der Waals surface area (Å²) in [7, 11) is 0. The first-order valence-electron chi connectivity index (χ1n) is 5.54. The SMILES string of the molecule is O=C(O)CC1CN(c2nc3ccccc3o2)C1. The first kappa shape index (κ1) is 10.1. The molecule has 1 N–H and O–H groups in total. The number of carbonyl (C=O) groups is 1. The third-order valence-corrected chi connectivity index (χ3v) is 2.97. The van der Waals surface area contributed by atoms with Crippen LogP contribution in [0.2, 0.25) is 0 Å². The zero-order chi connectivity index (χ0) is 11.8. The van der Waals surface area contributed by atoms with Crippen LogP contribution >= 0.6 is 0 Å². The van der Waals surface area contributed by atoms with Gasteiger partial charge in [0.25, 0.3) is 6.01 Å². The second-order valence-electron chi connectivity index (χ2n) is 4.33. The highest BCUT2D eigenvalue weighted by Crippen LogP contribution is 2.28. The van der Waals surface area contributed by atoms with Crippen LogP contribution in [0.3, 0.4) is 0 Å². The maximum Gasteiger partial charge on any atom is 0.303 e. The van der Waals surface area contributed by atoms with Gasteiger partial charge in [0.1, 0.15) is 5.52 Å². The predicted octanol–water partition coefficient (Wildman–Crippen LogP) is 1.74. The van der Waals surface area contributed by atoms with Crippen molar-refractivity contribution < 1.29 is 14.3 Å². The third kappa shape index (κ3) is 1.84. The van der Waals surface area contributed by atoms with Gasteiger partial charge in [0.15, 0.2) is 5.58 Å². The average Bonchev–Trinajstić information content (AvgIpc) is 2.65. The summed E-state index contributed by atoms with van der Waals surface area (Å²) in [6.45, 7) is 1.41. The third-order valence-electron chi connectivity index (χ3n) is 2.97. The predicted molar refractivity (Wildman–Crippen MR) is 62.0 cm³/mol. The molecular weight excluding hydrogens is 220 g/mol. The van der Waals surface area contributed by atoms with Gasteiger partial charge in [0.05, 0.1) is 6.42 Å². The average molecular weight is 232 g/mol. The molecular formula is C12H12N2O3. The van der Waals surface area contributed by atoms with Crippen molar-refractivity contribution in [1.82, 2.24) is 4.98 Å². The van der Waals surface area contributed by atoms with E-state index >= 15 is 0 Å². The highest BCUT2D eigenvalue weighted by molar-refractivity contribution is 5.74. The number of hydrogen-bond donors (Lipinski definition) is 1. The molecule has 1 fully saturated rings. The first-order valence-corrected chi connectivity index (χ1v) is 5.54. The van der Waals surface area contributed by atoms with E-state index in [-0.39, 0.29) is 12.3 Å². The topological polar surface area (TPSA) is 66.6 Å². The maximum atomic E-state index is 10.5. The van der Waals surface area contributed by atoms with E-state index in [0.717, 1.165) is 11.1 Å². The summed E-state index contributed by atoms with van der Waals surface area (Å²) in [5.41, 5.74) is 1.60. The van der Waals surface area contributed by atoms with E-state index in [0.29, 0.717) is 19.1 Å². The van der Waals surface area contributed by atoms with Crippen molar-refractivity contribution in [2.45, 2.75) is 6.42 Å². The van der Waals surface area contributed by atoms with Gasteiger partial charge in [0.2, 0.25) is 0 Å². The Hall–Kier alpha value is -2.04. The van der Waals surface area contributed by atoms with Gasteiger partial charge < -0.3 is 14.4 Å². The van der Waals surface area contributed by atoms with Crippen LogP contribution in [-0.4, -0.2) is 29.1 Å². The molecule has 0 atom stereocenters. The Bertz CT molecular complexity index is 525. The highest BCUT2D eigenvalue weighted by Gasteiger charge is 2.31. The number of fused-ring (bicyclic) bond motifs is 1. The van der Waals surface area contributed by atoms with Crippen LogP contribution in [0.5, 0.6) is 0 Å². The number of para-hydroxylation sites is 2. The molecule has 1 saturated heterocycles. The number of aromatic nitrogens is 1. The Morgan fingerprint density at radius 1 is 1.47 bits per heavy atom. The molecule has 0 unspecified atom stereocenters. The number of carboxylic acid groups (broad SMARTS) is 1. The summed E-state index contributed by atoms with van der Waals surface area (Å²) >= 11 is 0. The molecule has 3 rings (SSSR count). The molecule has 1 aliphatic rings. The van der Waals surface area contributed by atoms with Gasteiger partial charge in [-0.3, -0.25) is 4.79 Å². The van der Waals surface area contributed by atoms with Crippen LogP contribution < -0.4 is 4.90 Å². The minimum atomic E-state index is -0.743. The van der Waals surface area contributed by atoms with Crippen LogP contribution in [0, 0.1) is 5.92 Å². The lowest BCUT2D eigenvalue weighted by Crippen LogP contribution is -2.47. The van der Waals surface area contributed by atoms with E-state index in [4.69, 9.17) is 9.52 Å². The molecule has 0 spiro atoms. The monoisotopic (exact) mass is 232 g/mol. The lowest BCUT2D eigenvalue weighted by molar-refractivity contribution is -0.138. The Labute approximate surface area is 97.7 Å². The van der Waals surface area contributed by atoms with Crippen molar-refractivity contribution in [3.8, 4) is 0 Å². The van der Waals surface area contributed by atoms with Gasteiger partial charge in [-0.25, -0.2) is 0 Å². The van der Waals surface area contributed by atoms with Crippen molar-refractivity contribution >= 4 is 23.1 Å². The molecule has 0 bridgehead atoms. The van der Waals surface area contributed by atoms with Crippen molar-refractivity contribution in [1.29, 1.82) is 0 Å². The molecule has 0 saturated carbocycles. The molecule has 1 aromatic heterocycles. The second-order valence-corrected chi connectivity index (χ2v) is 4.33. The summed E-state index contributed by atoms with van der Waals surface area (Å²) in [5.74, 6) is -0.533. The molecule has 0 amide bonds. The van der Waals surface area contributed by atoms with E-state index in [1.165, 1.54) is 0 Å². The quantitative estimate of drug-likeness (QED) is 0.873. The number of anilines is 1. The lowest BCUT2D eigenvalue weighted by atomic mass is 9.97. The molecule has 0 aliphatic carbocycles. The zero-order valence-corrected chi connectivity index (χ0v) is 9.17. The summed E-state index contributed by atoms with van der Waals surface area (Å²) in [6, 6.07) is 8.18. The minimum Gasteiger partial charge on any atom is -0.481 e. The van der Waals surface area contributed by atoms with Crippen molar-refractivity contribution in [3.05, 3.63) is 24.3 Å². The number of rotatable bonds is 3. The largest absolute Gasteiger partial charge is 0.481 e. The first-order chi connectivity index (χ1) is 8.22. The fourth-order valence-electron chi connectivity index (χ4n) is 2.10. The smallest absolute Gasteiger partial charge is 0.303 e. The highest BCUT2D eigenvalue weighted by atomic mass is 16.4. The molecule has 5 heteroatoms. The Kier molecular flexibility index (Phi) is 2.24. The van der Waals surface area contributed by atoms with Gasteiger partial charge in [-0.05, 0) is 12.1 Å². The number of nitrogens with zero attached hydrogens (tertiary/aromatic N) is 2. The fraction of sp³-hybridized carbons (Fsp3) is 0.333. The van der Waals surface area contributed by atoms with Crippen molar-refractivity contribution in [3.63, 3.8) is 0 Å². The van der Waals surface area contributed by atoms with Crippen LogP contribution in [0.4, 0.5) is 6.01 Å². The van der Waals surface area contributed by atoms with Gasteiger partial charge in [0, 0.05) is 19.0 Å². The molecule has 17 heavy (non-hydrogen) atoms. The lowest BCUT2D eigenvalue weighted by Gasteiger charge is -2.37. The Morgan fingerprint density at radius 3 is 2.94 bits per heavy atom. The van der Waals surface area contributed by atoms with Crippen molar-refractivity contribution in [2.24, 2.45) is 5.92 Å². The number of carboxylic acids is 1. The van der Waals surface area contributed by atoms with Gasteiger partial charge >= 0.3 is 5.97 Å². The van der Waals surface area contributed by atoms with E-state index in [9.17, 15) is 4.79 Å². The van der Waals surface area contributed by atoms with Crippen LogP contribution in [0.15, 0.2) is 28.7 Å². The number of benzene rings is 1. The molecule has 5 nitrogen and oxygen atoms in total. The maximum absolute atomic E-state index is 10.5. The fourth-order valence-corrected chi connectivity index (χ4v) is 2.10. The Morgan fingerprint density at radius 2 is 2.24 bits per heavy atom. The molecule has 88 valence electrons. The molecule has 2 heterocycles. The molecule has 2 aromatic rings. The van der Waals surface area contributed by atoms with Crippen LogP contribution in [0.25, 0.3) is 11.1 Å². The standard InChI is InChI=1S/C12H12N2O3/c15-11(16)5-8-6-14(7-8)12-13-9-3-1-2-4-10(9)17-12/h1-4,8H,5-7H2,(H,15,16). The number of oxazole rings is 1. The molecule has 1 aromatic carbocycles. The van der Waals surface area contributed by atoms with Crippen LogP contribution in [0.1, 0.15) is 6.42 Å². The van der Waals surface area contributed by atoms with E-state index in [1.54, 1.807) is 0 Å². The summed E-state index contributed by atoms with van der Waals surface area (Å²) in [5, 5.41) is 8.66. The summed E-state index contributed by atoms with van der Waals surface area (Å²) < 4.78 is 5.59. The molecule has 1 aliphatic heterocycles. The van der Waals surface area contributed by atoms with E-state index < -0.39 is 5.97 Å². The van der Waals surface area contributed by atoms with E-state index in [1.807, 2.05) is 29.2 Å². The summed E-state index contributed by atoms with van der Waals surface area (Å²) in [6.07, 6.45) is 0.219.